The van der Waals surface area contributed by atoms with Crippen LogP contribution in [-0.4, -0.2) is 16.2 Å². The Morgan fingerprint density at radius 3 is 2.50 bits per heavy atom. The molecule has 0 spiro atoms. The van der Waals surface area contributed by atoms with E-state index in [0.717, 1.165) is 0 Å². The van der Waals surface area contributed by atoms with Crippen LogP contribution >= 0.6 is 44.9 Å². The number of carbonyl (C=O) groups excluding carboxylic acids is 1. The van der Waals surface area contributed by atoms with Gasteiger partial charge in [-0.25, -0.2) is 4.79 Å². The Labute approximate surface area is 77.6 Å². The number of hydrogen-bond donors (Lipinski definition) is 0. The third-order valence-electron chi connectivity index (χ3n) is 0.610. The molecule has 0 aromatic rings. The second-order valence-corrected chi connectivity index (χ2v) is 4.32. The first-order chi connectivity index (χ1) is 4.54. The first-order valence-corrected chi connectivity index (χ1v) is 4.79. The highest BCUT2D eigenvalue weighted by atomic mass is 35.7. The van der Waals surface area contributed by atoms with E-state index in [2.05, 4.69) is 4.74 Å². The number of hydrogen-bond acceptors (Lipinski definition) is 3. The maximum absolute atomic E-state index is 10.7. The van der Waals surface area contributed by atoms with Gasteiger partial charge in [0.25, 0.3) is 3.67 Å². The molecular weight excluding hydrogens is 218 g/mol. The number of rotatable bonds is 3. The highest BCUT2D eigenvalue weighted by Crippen LogP contribution is 2.38. The number of halogens is 3. The van der Waals surface area contributed by atoms with Crippen LogP contribution in [-0.2, 0) is 9.53 Å². The zero-order valence-corrected chi connectivity index (χ0v) is 8.15. The molecule has 0 aliphatic carbocycles. The van der Waals surface area contributed by atoms with Crippen molar-refractivity contribution in [3.63, 3.8) is 0 Å². The average molecular weight is 224 g/mol. The second-order valence-electron chi connectivity index (χ2n) is 1.31. The lowest BCUT2D eigenvalue weighted by Gasteiger charge is -2.11. The van der Waals surface area contributed by atoms with Gasteiger partial charge in [0, 0.05) is 0 Å². The summed E-state index contributed by atoms with van der Waals surface area (Å²) in [4.78, 5) is 10.7. The van der Waals surface area contributed by atoms with Crippen LogP contribution in [0.15, 0.2) is 0 Å². The van der Waals surface area contributed by atoms with E-state index in [1.165, 1.54) is 0 Å². The molecule has 0 aliphatic heterocycles. The van der Waals surface area contributed by atoms with Crippen LogP contribution in [0.2, 0.25) is 0 Å². The quantitative estimate of drug-likeness (QED) is 0.543. The lowest BCUT2D eigenvalue weighted by atomic mass is 10.7. The van der Waals surface area contributed by atoms with Crippen LogP contribution in [0, 0.1) is 0 Å². The summed E-state index contributed by atoms with van der Waals surface area (Å²) in [6.07, 6.45) is 0. The van der Waals surface area contributed by atoms with E-state index in [0.29, 0.717) is 11.0 Å². The topological polar surface area (TPSA) is 26.3 Å². The summed E-state index contributed by atoms with van der Waals surface area (Å²) >= 11 is 10.7. The monoisotopic (exact) mass is 222 g/mol. The fraction of sp³-hybridized carbons (Fsp3) is 0.750. The van der Waals surface area contributed by atoms with Crippen LogP contribution in [0.5, 0.6) is 0 Å². The summed E-state index contributed by atoms with van der Waals surface area (Å²) in [6.45, 7) is 1.89. The largest absolute Gasteiger partial charge is 0.463 e. The molecule has 10 heavy (non-hydrogen) atoms. The highest BCUT2D eigenvalue weighted by Gasteiger charge is 2.35. The summed E-state index contributed by atoms with van der Waals surface area (Å²) < 4.78 is 2.81. The van der Waals surface area contributed by atoms with Crippen molar-refractivity contribution < 1.29 is 9.53 Å². The SMILES string of the molecule is CCOC(=O)C(Cl)(Cl)SCl. The van der Waals surface area contributed by atoms with Gasteiger partial charge >= 0.3 is 5.97 Å². The molecule has 0 amide bonds. The number of carbonyl (C=O) groups is 1. The molecule has 0 saturated carbocycles. The first kappa shape index (κ1) is 10.7. The van der Waals surface area contributed by atoms with Crippen molar-refractivity contribution in [3.05, 3.63) is 0 Å². The van der Waals surface area contributed by atoms with Gasteiger partial charge in [-0.3, -0.25) is 0 Å². The van der Waals surface area contributed by atoms with Crippen molar-refractivity contribution in [2.45, 2.75) is 10.6 Å². The highest BCUT2D eigenvalue weighted by molar-refractivity contribution is 8.24. The molecule has 0 N–H and O–H groups in total. The Morgan fingerprint density at radius 1 is 1.70 bits per heavy atom. The van der Waals surface area contributed by atoms with E-state index in [-0.39, 0.29) is 6.61 Å². The van der Waals surface area contributed by atoms with Crippen molar-refractivity contribution >= 4 is 50.8 Å². The number of ether oxygens (including phenoxy) is 1. The minimum absolute atomic E-state index is 0.234. The van der Waals surface area contributed by atoms with E-state index in [1.54, 1.807) is 6.92 Å². The van der Waals surface area contributed by atoms with Gasteiger partial charge in [0.05, 0.1) is 6.61 Å². The Balaban J connectivity index is 3.91. The predicted octanol–water partition coefficient (Wildman–Crippen LogP) is 2.57. The summed E-state index contributed by atoms with van der Waals surface area (Å²) in [7, 11) is 5.68. The van der Waals surface area contributed by atoms with Gasteiger partial charge in [-0.15, -0.1) is 0 Å². The molecule has 0 saturated heterocycles. The molecular formula is C4H5Cl3O2S. The van der Waals surface area contributed by atoms with Gasteiger partial charge in [0.1, 0.15) is 0 Å². The van der Waals surface area contributed by atoms with Crippen molar-refractivity contribution in [1.29, 1.82) is 0 Å². The molecule has 0 radical (unpaired) electrons. The average Bonchev–Trinajstić information content (AvgIpc) is 1.89. The Kier molecular flexibility index (Phi) is 4.86. The Hall–Kier alpha value is 0.690. The molecule has 0 heterocycles. The smallest absolute Gasteiger partial charge is 0.354 e. The second kappa shape index (κ2) is 4.54. The van der Waals surface area contributed by atoms with E-state index in [4.69, 9.17) is 33.9 Å². The molecule has 0 atom stereocenters. The van der Waals surface area contributed by atoms with Gasteiger partial charge < -0.3 is 4.74 Å². The van der Waals surface area contributed by atoms with Gasteiger partial charge in [0.2, 0.25) is 0 Å². The lowest BCUT2D eigenvalue weighted by Crippen LogP contribution is -2.23. The fourth-order valence-corrected chi connectivity index (χ4v) is 0.667. The molecule has 0 aliphatic rings. The molecule has 0 aromatic carbocycles. The van der Waals surface area contributed by atoms with Crippen molar-refractivity contribution in [1.82, 2.24) is 0 Å². The summed E-state index contributed by atoms with van der Waals surface area (Å²) in [5.74, 6) is -0.738. The summed E-state index contributed by atoms with van der Waals surface area (Å²) in [5, 5.41) is 0. The van der Waals surface area contributed by atoms with Crippen molar-refractivity contribution in [2.24, 2.45) is 0 Å². The molecule has 0 aromatic heterocycles. The maximum atomic E-state index is 10.7. The predicted molar refractivity (Wildman–Crippen MR) is 44.5 cm³/mol. The van der Waals surface area contributed by atoms with Crippen LogP contribution in [0.4, 0.5) is 0 Å². The normalized spacial score (nSPS) is 11.2. The van der Waals surface area contributed by atoms with Crippen LogP contribution < -0.4 is 0 Å². The van der Waals surface area contributed by atoms with Crippen molar-refractivity contribution in [3.8, 4) is 0 Å². The lowest BCUT2D eigenvalue weighted by molar-refractivity contribution is -0.141. The molecule has 0 bridgehead atoms. The summed E-state index contributed by atoms with van der Waals surface area (Å²) in [6, 6.07) is 0. The van der Waals surface area contributed by atoms with E-state index >= 15 is 0 Å². The molecule has 60 valence electrons. The maximum Gasteiger partial charge on any atom is 0.354 e. The van der Waals surface area contributed by atoms with Crippen LogP contribution in [0.3, 0.4) is 0 Å². The zero-order chi connectivity index (χ0) is 8.20. The van der Waals surface area contributed by atoms with Crippen LogP contribution in [0.25, 0.3) is 0 Å². The molecule has 2 nitrogen and oxygen atoms in total. The van der Waals surface area contributed by atoms with Gasteiger partial charge in [-0.1, -0.05) is 23.2 Å². The number of esters is 1. The standard InChI is InChI=1S/C4H5Cl3O2S/c1-2-9-3(8)4(5,6)10-7/h2H2,1H3. The van der Waals surface area contributed by atoms with Gasteiger partial charge in [-0.05, 0) is 28.6 Å². The Morgan fingerprint density at radius 2 is 2.20 bits per heavy atom. The van der Waals surface area contributed by atoms with E-state index in [9.17, 15) is 4.79 Å². The van der Waals surface area contributed by atoms with E-state index in [1.807, 2.05) is 0 Å². The molecule has 0 unspecified atom stereocenters. The summed E-state index contributed by atoms with van der Waals surface area (Å²) in [5.41, 5.74) is 0. The van der Waals surface area contributed by atoms with Gasteiger partial charge in [0.15, 0.2) is 0 Å². The van der Waals surface area contributed by atoms with E-state index < -0.39 is 9.63 Å². The molecule has 0 fully saturated rings. The molecule has 6 heteroatoms. The van der Waals surface area contributed by atoms with Crippen molar-refractivity contribution in [2.75, 3.05) is 6.61 Å². The third-order valence-corrected chi connectivity index (χ3v) is 2.91. The molecule has 0 rings (SSSR count). The van der Waals surface area contributed by atoms with Gasteiger partial charge in [-0.2, -0.15) is 0 Å². The first-order valence-electron chi connectivity index (χ1n) is 2.39. The third kappa shape index (κ3) is 3.19. The minimum atomic E-state index is -1.68. The zero-order valence-electron chi connectivity index (χ0n) is 5.07. The minimum Gasteiger partial charge on any atom is -0.463 e. The fourth-order valence-electron chi connectivity index (χ4n) is 0.247. The number of alkyl halides is 2. The Bertz CT molecular complexity index is 128. The van der Waals surface area contributed by atoms with Crippen LogP contribution in [0.1, 0.15) is 6.92 Å².